The maximum Gasteiger partial charge on any atom is 0.416 e. The van der Waals surface area contributed by atoms with Crippen molar-refractivity contribution in [2.45, 2.75) is 167 Å². The highest BCUT2D eigenvalue weighted by atomic mass is 28.4. The number of ether oxygens (including phenoxy) is 3. The number of hydrogen-bond donors (Lipinski definition) is 0. The van der Waals surface area contributed by atoms with Gasteiger partial charge in [0.15, 0.2) is 22.7 Å². The minimum absolute atomic E-state index is 0.0188. The number of rotatable bonds is 12. The van der Waals surface area contributed by atoms with Gasteiger partial charge in [0.05, 0.1) is 24.2 Å². The molecule has 0 spiro atoms. The third-order valence-corrected chi connectivity index (χ3v) is 21.3. The molecule has 1 fully saturated rings. The van der Waals surface area contributed by atoms with E-state index in [1.54, 1.807) is 6.92 Å². The Bertz CT molecular complexity index is 1510. The van der Waals surface area contributed by atoms with Crippen molar-refractivity contribution in [3.05, 3.63) is 53.6 Å². The molecule has 0 bridgehead atoms. The van der Waals surface area contributed by atoms with Crippen LogP contribution >= 0.6 is 0 Å². The van der Waals surface area contributed by atoms with E-state index < -0.39 is 46.6 Å². The van der Waals surface area contributed by atoms with Gasteiger partial charge in [-0.1, -0.05) is 79.7 Å². The largest absolute Gasteiger partial charge is 0.479 e. The predicted octanol–water partition coefficient (Wildman–Crippen LogP) is 10.8. The van der Waals surface area contributed by atoms with Crippen LogP contribution in [0.25, 0.3) is 0 Å². The summed E-state index contributed by atoms with van der Waals surface area (Å²) in [6, 6.07) is 4.56. The fourth-order valence-corrected chi connectivity index (χ4v) is 9.76. The summed E-state index contributed by atoms with van der Waals surface area (Å²) in [7, 11) is -4.31. The molecule has 4 rings (SSSR count). The van der Waals surface area contributed by atoms with Crippen LogP contribution in [0.5, 0.6) is 5.75 Å². The summed E-state index contributed by atoms with van der Waals surface area (Å²) in [5.74, 6) is -0.820. The van der Waals surface area contributed by atoms with Crippen molar-refractivity contribution in [1.82, 2.24) is 0 Å². The van der Waals surface area contributed by atoms with Gasteiger partial charge in [-0.3, -0.25) is 4.79 Å². The Morgan fingerprint density at radius 1 is 0.962 bits per heavy atom. The lowest BCUT2D eigenvalue weighted by Gasteiger charge is -2.46. The highest BCUT2D eigenvalue weighted by Crippen LogP contribution is 2.47. The molecule has 1 heterocycles. The van der Waals surface area contributed by atoms with Crippen molar-refractivity contribution in [3.8, 4) is 5.75 Å². The van der Waals surface area contributed by atoms with Gasteiger partial charge in [0.25, 0.3) is 0 Å². The number of carbonyl (C=O) groups excluding carboxylic acids is 2. The molecule has 1 aliphatic heterocycles. The van der Waals surface area contributed by atoms with Crippen LogP contribution in [-0.4, -0.2) is 59.1 Å². The van der Waals surface area contributed by atoms with E-state index in [-0.39, 0.29) is 70.7 Å². The van der Waals surface area contributed by atoms with E-state index in [2.05, 4.69) is 92.9 Å². The molecule has 298 valence electrons. The Hall–Kier alpha value is -2.42. The van der Waals surface area contributed by atoms with Crippen molar-refractivity contribution in [2.75, 3.05) is 0 Å². The first-order valence-corrected chi connectivity index (χ1v) is 25.1. The SMILES string of the molecule is CCC(Oc1cccc(C(F)(F)F)c1)C(=O)O[C@H]1C[C@H](O[Si](C)(C)C(C)(C)C)C=C2C=C[C@H](C)[C@H](CC[C@@H]3C[C@@H](O[Si](C)(C)C(C)(C)C)CC(=O)O3)[C@H]21. The molecule has 1 aromatic rings. The van der Waals surface area contributed by atoms with E-state index >= 15 is 0 Å². The number of carbonyl (C=O) groups is 2. The molecular formula is C41H63F3O7Si2. The fraction of sp³-hybridized carbons (Fsp3) is 0.707. The number of cyclic esters (lactones) is 1. The minimum Gasteiger partial charge on any atom is -0.479 e. The smallest absolute Gasteiger partial charge is 0.416 e. The van der Waals surface area contributed by atoms with Gasteiger partial charge in [-0.2, -0.15) is 13.2 Å². The highest BCUT2D eigenvalue weighted by Gasteiger charge is 2.47. The monoisotopic (exact) mass is 780 g/mol. The fourth-order valence-electron chi connectivity index (χ4n) is 7.12. The van der Waals surface area contributed by atoms with Crippen LogP contribution in [0.2, 0.25) is 36.3 Å². The summed E-state index contributed by atoms with van der Waals surface area (Å²) in [5, 5.41) is -0.0192. The molecule has 0 saturated carbocycles. The lowest BCUT2D eigenvalue weighted by Crippen LogP contribution is -2.49. The van der Waals surface area contributed by atoms with E-state index in [0.29, 0.717) is 19.3 Å². The first kappa shape index (κ1) is 43.3. The van der Waals surface area contributed by atoms with Gasteiger partial charge >= 0.3 is 18.1 Å². The van der Waals surface area contributed by atoms with E-state index in [0.717, 1.165) is 24.1 Å². The van der Waals surface area contributed by atoms with Gasteiger partial charge in [-0.25, -0.2) is 4.79 Å². The summed E-state index contributed by atoms with van der Waals surface area (Å²) < 4.78 is 72.0. The Kier molecular flexibility index (Phi) is 13.4. The molecule has 0 N–H and O–H groups in total. The Labute approximate surface area is 317 Å². The van der Waals surface area contributed by atoms with E-state index in [1.165, 1.54) is 12.1 Å². The maximum atomic E-state index is 13.9. The summed E-state index contributed by atoms with van der Waals surface area (Å²) in [5.41, 5.74) is 0.200. The first-order chi connectivity index (χ1) is 24.3. The first-order valence-electron chi connectivity index (χ1n) is 19.3. The van der Waals surface area contributed by atoms with E-state index in [1.807, 2.05) is 0 Å². The number of hydrogen-bond acceptors (Lipinski definition) is 7. The number of fused-ring (bicyclic) bond motifs is 1. The average molecular weight is 781 g/mol. The van der Waals surface area contributed by atoms with Gasteiger partial charge in [0.2, 0.25) is 0 Å². The normalized spacial score (nSPS) is 27.7. The second-order valence-electron chi connectivity index (χ2n) is 18.4. The van der Waals surface area contributed by atoms with Crippen molar-refractivity contribution in [3.63, 3.8) is 0 Å². The number of alkyl halides is 3. The maximum absolute atomic E-state index is 13.9. The zero-order valence-electron chi connectivity index (χ0n) is 33.9. The van der Waals surface area contributed by atoms with Gasteiger partial charge in [-0.15, -0.1) is 0 Å². The average Bonchev–Trinajstić information content (AvgIpc) is 3.01. The molecule has 8 atom stereocenters. The molecule has 1 aromatic carbocycles. The number of benzene rings is 1. The van der Waals surface area contributed by atoms with Crippen LogP contribution in [0.4, 0.5) is 13.2 Å². The lowest BCUT2D eigenvalue weighted by atomic mass is 9.66. The van der Waals surface area contributed by atoms with Crippen LogP contribution in [0.3, 0.4) is 0 Å². The molecule has 0 aromatic heterocycles. The van der Waals surface area contributed by atoms with Gasteiger partial charge in [0.1, 0.15) is 18.0 Å². The van der Waals surface area contributed by atoms with E-state index in [4.69, 9.17) is 23.1 Å². The number of halogens is 3. The topological polar surface area (TPSA) is 80.3 Å². The Morgan fingerprint density at radius 2 is 1.60 bits per heavy atom. The Morgan fingerprint density at radius 3 is 2.21 bits per heavy atom. The quantitative estimate of drug-likeness (QED) is 0.154. The van der Waals surface area contributed by atoms with Crippen LogP contribution in [0.1, 0.15) is 99.5 Å². The molecule has 1 unspecified atom stereocenters. The summed E-state index contributed by atoms with van der Waals surface area (Å²) in [6.45, 7) is 25.8. The molecular weight excluding hydrogens is 718 g/mol. The summed E-state index contributed by atoms with van der Waals surface area (Å²) in [4.78, 5) is 26.7. The van der Waals surface area contributed by atoms with Crippen LogP contribution in [0.15, 0.2) is 48.1 Å². The highest BCUT2D eigenvalue weighted by molar-refractivity contribution is 6.74. The molecule has 3 aliphatic rings. The Balaban J connectivity index is 1.58. The van der Waals surface area contributed by atoms with Crippen molar-refractivity contribution in [1.29, 1.82) is 0 Å². The van der Waals surface area contributed by atoms with Crippen LogP contribution in [0, 0.1) is 17.8 Å². The van der Waals surface area contributed by atoms with Crippen LogP contribution < -0.4 is 4.74 Å². The molecule has 0 radical (unpaired) electrons. The predicted molar refractivity (Wildman–Crippen MR) is 207 cm³/mol. The third kappa shape index (κ3) is 10.9. The van der Waals surface area contributed by atoms with Gasteiger partial charge in [0, 0.05) is 18.8 Å². The zero-order chi connectivity index (χ0) is 39.7. The van der Waals surface area contributed by atoms with Crippen LogP contribution in [-0.2, 0) is 34.1 Å². The number of allylic oxidation sites excluding steroid dienone is 2. The molecule has 7 nitrogen and oxygen atoms in total. The second kappa shape index (κ2) is 16.4. The van der Waals surface area contributed by atoms with Gasteiger partial charge in [-0.05, 0) is 91.1 Å². The summed E-state index contributed by atoms with van der Waals surface area (Å²) >= 11 is 0. The second-order valence-corrected chi connectivity index (χ2v) is 27.9. The third-order valence-electron chi connectivity index (χ3n) is 12.3. The molecule has 0 amide bonds. The molecule has 2 aliphatic carbocycles. The molecule has 53 heavy (non-hydrogen) atoms. The zero-order valence-corrected chi connectivity index (χ0v) is 35.9. The number of esters is 2. The van der Waals surface area contributed by atoms with Crippen molar-refractivity contribution in [2.24, 2.45) is 17.8 Å². The summed E-state index contributed by atoms with van der Waals surface area (Å²) in [6.07, 6.45) is 2.52. The molecule has 1 saturated heterocycles. The minimum atomic E-state index is -4.54. The van der Waals surface area contributed by atoms with Crippen molar-refractivity contribution < 1.29 is 45.8 Å². The standard InChI is InChI=1S/C41H63F3O7Si2/c1-13-34(47-29-16-14-15-28(22-29)41(42,43)44)38(46)49-35-24-31(50-52(9,10)39(3,4)5)21-27-18-17-26(2)33(37(27)35)20-19-30-23-32(25-36(45)48-30)51-53(11,12)40(6,7)8/h14-18,21-22,26,30-35,37H,13,19-20,23-25H2,1-12H3/t26-,30+,31+,32+,33-,34?,35-,37-/m0/s1. The van der Waals surface area contributed by atoms with E-state index in [9.17, 15) is 22.8 Å². The van der Waals surface area contributed by atoms with Gasteiger partial charge < -0.3 is 23.1 Å². The van der Waals surface area contributed by atoms with Crippen molar-refractivity contribution >= 4 is 28.6 Å². The molecule has 12 heteroatoms. The lowest BCUT2D eigenvalue weighted by molar-refractivity contribution is -0.164.